The first-order chi connectivity index (χ1) is 2.41. The highest BCUT2D eigenvalue weighted by Crippen LogP contribution is 1.89. The van der Waals surface area contributed by atoms with E-state index < -0.39 is 0 Å². The van der Waals surface area contributed by atoms with Crippen LogP contribution in [0.5, 0.6) is 0 Å². The summed E-state index contributed by atoms with van der Waals surface area (Å²) in [4.78, 5) is 0. The van der Waals surface area contributed by atoms with Crippen LogP contribution in [-0.4, -0.2) is 5.75 Å². The van der Waals surface area contributed by atoms with Crippen molar-refractivity contribution in [2.24, 2.45) is 0 Å². The molecule has 0 aromatic carbocycles. The molecular formula is C4H6S. The second-order valence-electron chi connectivity index (χ2n) is 0.551. The van der Waals surface area contributed by atoms with Crippen molar-refractivity contribution in [2.75, 3.05) is 5.75 Å². The van der Waals surface area contributed by atoms with Gasteiger partial charge < -0.3 is 0 Å². The molecule has 0 bridgehead atoms. The SMILES string of the molecule is C#CSCC. The van der Waals surface area contributed by atoms with Crippen LogP contribution in [0.2, 0.25) is 0 Å². The summed E-state index contributed by atoms with van der Waals surface area (Å²) >= 11 is 1.49. The summed E-state index contributed by atoms with van der Waals surface area (Å²) in [6, 6.07) is 0. The molecule has 0 heterocycles. The zero-order chi connectivity index (χ0) is 4.12. The Bertz CT molecular complexity index is 42.1. The minimum atomic E-state index is 1.02. The Labute approximate surface area is 37.0 Å². The maximum atomic E-state index is 4.85. The van der Waals surface area contributed by atoms with Gasteiger partial charge in [0.25, 0.3) is 0 Å². The van der Waals surface area contributed by atoms with Crippen molar-refractivity contribution >= 4 is 11.8 Å². The number of terminal acetylenes is 1. The van der Waals surface area contributed by atoms with Crippen LogP contribution in [0.4, 0.5) is 0 Å². The fourth-order valence-corrected chi connectivity index (χ4v) is 0.250. The van der Waals surface area contributed by atoms with Crippen molar-refractivity contribution in [3.8, 4) is 11.7 Å². The Morgan fingerprint density at radius 1 is 2.00 bits per heavy atom. The lowest BCUT2D eigenvalue weighted by molar-refractivity contribution is 1.54. The molecule has 1 heteroatoms. The molecule has 0 N–H and O–H groups in total. The molecule has 0 fully saturated rings. The lowest BCUT2D eigenvalue weighted by Crippen LogP contribution is -1.52. The highest BCUT2D eigenvalue weighted by molar-refractivity contribution is 8.03. The number of hydrogen-bond acceptors (Lipinski definition) is 1. The zero-order valence-electron chi connectivity index (χ0n) is 3.19. The predicted octanol–water partition coefficient (Wildman–Crippen LogP) is 1.33. The summed E-state index contributed by atoms with van der Waals surface area (Å²) in [6.45, 7) is 2.03. The minimum absolute atomic E-state index is 1.02. The van der Waals surface area contributed by atoms with E-state index >= 15 is 0 Å². The van der Waals surface area contributed by atoms with Gasteiger partial charge in [-0.25, -0.2) is 0 Å². The highest BCUT2D eigenvalue weighted by Gasteiger charge is 1.61. The predicted molar refractivity (Wildman–Crippen MR) is 27.0 cm³/mol. The van der Waals surface area contributed by atoms with E-state index in [1.807, 2.05) is 6.92 Å². The average molecular weight is 86.2 g/mol. The summed E-state index contributed by atoms with van der Waals surface area (Å²) < 4.78 is 0. The first-order valence-electron chi connectivity index (χ1n) is 1.49. The molecule has 5 heavy (non-hydrogen) atoms. The Balaban J connectivity index is 2.48. The van der Waals surface area contributed by atoms with Gasteiger partial charge in [-0.1, -0.05) is 18.7 Å². The van der Waals surface area contributed by atoms with E-state index in [1.165, 1.54) is 11.8 Å². The van der Waals surface area contributed by atoms with E-state index in [1.54, 1.807) is 0 Å². The van der Waals surface area contributed by atoms with E-state index in [0.29, 0.717) is 0 Å². The van der Waals surface area contributed by atoms with E-state index in [-0.39, 0.29) is 0 Å². The Hall–Kier alpha value is -0.0900. The maximum Gasteiger partial charge on any atom is 0.00281 e. The molecule has 0 aliphatic rings. The molecule has 0 amide bonds. The molecule has 0 atom stereocenters. The lowest BCUT2D eigenvalue weighted by atomic mass is 11.0. The summed E-state index contributed by atoms with van der Waals surface area (Å²) in [5.74, 6) is 1.02. The summed E-state index contributed by atoms with van der Waals surface area (Å²) in [5, 5.41) is 2.43. The standard InChI is InChI=1S/C4H6S/c1-3-5-4-2/h1H,4H2,2H3. The molecule has 0 radical (unpaired) electrons. The fourth-order valence-electron chi connectivity index (χ4n) is 0.0833. The summed E-state index contributed by atoms with van der Waals surface area (Å²) in [6.07, 6.45) is 4.85. The molecule has 28 valence electrons. The fraction of sp³-hybridized carbons (Fsp3) is 0.500. The maximum absolute atomic E-state index is 4.85. The molecular weight excluding hydrogens is 80.1 g/mol. The van der Waals surface area contributed by atoms with Gasteiger partial charge in [-0.3, -0.25) is 0 Å². The van der Waals surface area contributed by atoms with Crippen LogP contribution in [-0.2, 0) is 0 Å². The second kappa shape index (κ2) is 3.91. The van der Waals surface area contributed by atoms with Gasteiger partial charge in [0, 0.05) is 5.75 Å². The molecule has 0 unspecified atom stereocenters. The van der Waals surface area contributed by atoms with Crippen molar-refractivity contribution in [3.63, 3.8) is 0 Å². The van der Waals surface area contributed by atoms with Crippen LogP contribution in [0, 0.1) is 11.7 Å². The van der Waals surface area contributed by atoms with Crippen LogP contribution in [0.25, 0.3) is 0 Å². The molecule has 0 aliphatic heterocycles. The largest absolute Gasteiger partial charge is 0.108 e. The Morgan fingerprint density at radius 3 is 2.60 bits per heavy atom. The van der Waals surface area contributed by atoms with Gasteiger partial charge in [0.05, 0.1) is 0 Å². The van der Waals surface area contributed by atoms with Crippen molar-refractivity contribution in [1.82, 2.24) is 0 Å². The summed E-state index contributed by atoms with van der Waals surface area (Å²) in [5.41, 5.74) is 0. The molecule has 0 aliphatic carbocycles. The van der Waals surface area contributed by atoms with Gasteiger partial charge in [-0.2, -0.15) is 0 Å². The first-order valence-corrected chi connectivity index (χ1v) is 2.47. The first kappa shape index (κ1) is 4.91. The Morgan fingerprint density at radius 2 is 2.60 bits per heavy atom. The molecule has 0 aromatic heterocycles. The minimum Gasteiger partial charge on any atom is -0.108 e. The summed E-state index contributed by atoms with van der Waals surface area (Å²) in [7, 11) is 0. The third-order valence-electron chi connectivity index (χ3n) is 0.228. The average Bonchev–Trinajstić information content (AvgIpc) is 1.41. The molecule has 0 aromatic rings. The normalized spacial score (nSPS) is 6.40. The molecule has 0 saturated carbocycles. The van der Waals surface area contributed by atoms with Gasteiger partial charge in [0.1, 0.15) is 0 Å². The van der Waals surface area contributed by atoms with Gasteiger partial charge in [-0.15, -0.1) is 6.42 Å². The lowest BCUT2D eigenvalue weighted by Gasteiger charge is -1.69. The Kier molecular flexibility index (Phi) is 3.84. The molecule has 0 rings (SSSR count). The third kappa shape index (κ3) is 3.91. The third-order valence-corrected chi connectivity index (χ3v) is 0.683. The van der Waals surface area contributed by atoms with Crippen LogP contribution in [0.15, 0.2) is 0 Å². The van der Waals surface area contributed by atoms with E-state index in [0.717, 1.165) is 5.75 Å². The van der Waals surface area contributed by atoms with Gasteiger partial charge in [0.2, 0.25) is 0 Å². The molecule has 0 nitrogen and oxygen atoms in total. The monoisotopic (exact) mass is 86.0 g/mol. The van der Waals surface area contributed by atoms with E-state index in [2.05, 4.69) is 5.25 Å². The van der Waals surface area contributed by atoms with Crippen LogP contribution in [0.3, 0.4) is 0 Å². The van der Waals surface area contributed by atoms with Crippen LogP contribution >= 0.6 is 11.8 Å². The quantitative estimate of drug-likeness (QED) is 0.434. The van der Waals surface area contributed by atoms with E-state index in [9.17, 15) is 0 Å². The number of hydrogen-bond donors (Lipinski definition) is 0. The van der Waals surface area contributed by atoms with Gasteiger partial charge in [0.15, 0.2) is 0 Å². The van der Waals surface area contributed by atoms with Crippen LogP contribution < -0.4 is 0 Å². The smallest absolute Gasteiger partial charge is 0.00281 e. The number of rotatable bonds is 1. The van der Waals surface area contributed by atoms with Crippen molar-refractivity contribution in [1.29, 1.82) is 0 Å². The van der Waals surface area contributed by atoms with Gasteiger partial charge in [-0.05, 0) is 5.25 Å². The van der Waals surface area contributed by atoms with Crippen molar-refractivity contribution in [3.05, 3.63) is 0 Å². The van der Waals surface area contributed by atoms with Crippen molar-refractivity contribution < 1.29 is 0 Å². The second-order valence-corrected chi connectivity index (χ2v) is 1.65. The van der Waals surface area contributed by atoms with Gasteiger partial charge >= 0.3 is 0 Å². The molecule has 0 spiro atoms. The van der Waals surface area contributed by atoms with E-state index in [4.69, 9.17) is 6.42 Å². The topological polar surface area (TPSA) is 0 Å². The van der Waals surface area contributed by atoms with Crippen LogP contribution in [0.1, 0.15) is 6.92 Å². The number of thioether (sulfide) groups is 1. The highest BCUT2D eigenvalue weighted by atomic mass is 32.2. The molecule has 0 saturated heterocycles. The van der Waals surface area contributed by atoms with Crippen molar-refractivity contribution in [2.45, 2.75) is 6.92 Å². The zero-order valence-corrected chi connectivity index (χ0v) is 4.01.